The smallest absolute Gasteiger partial charge is 0.462 e. The largest absolute Gasteiger partial charge is 0.469 e. The molecule has 0 bridgehead atoms. The topological polar surface area (TPSA) is 119 Å². The van der Waals surface area contributed by atoms with Crippen molar-refractivity contribution in [2.24, 2.45) is 0 Å². The highest BCUT2D eigenvalue weighted by Gasteiger charge is 2.22. The average molecular weight is 535 g/mol. The molecule has 0 amide bonds. The number of rotatable bonds is 25. The Balaban J connectivity index is 3.71. The summed E-state index contributed by atoms with van der Waals surface area (Å²) in [5.74, 6) is -0.989. The van der Waals surface area contributed by atoms with E-state index in [1.165, 1.54) is 70.6 Å². The van der Waals surface area contributed by atoms with Crippen molar-refractivity contribution in [3.63, 3.8) is 0 Å². The zero-order chi connectivity index (χ0) is 26.9. The normalized spacial score (nSPS) is 12.7. The van der Waals surface area contributed by atoms with Crippen LogP contribution in [0.2, 0.25) is 0 Å². The standard InChI is InChI=1S/C27H51O8P/c1-3-5-6-7-8-9-10-11-12-13-14-15-16-17-18-19-20-21-22-27(29)35-25(23-33-26(28)4-2)24-34-36(30,31)32/h12-13,25H,3-11,14-24H2,1-2H3,(H2,30,31,32)/b13-12-. The van der Waals surface area contributed by atoms with Crippen LogP contribution in [0.3, 0.4) is 0 Å². The molecule has 1 atom stereocenters. The van der Waals surface area contributed by atoms with Crippen LogP contribution in [-0.4, -0.2) is 41.0 Å². The monoisotopic (exact) mass is 534 g/mol. The van der Waals surface area contributed by atoms with Crippen LogP contribution in [0, 0.1) is 0 Å². The molecule has 36 heavy (non-hydrogen) atoms. The molecular formula is C27H51O8P. The van der Waals surface area contributed by atoms with Crippen LogP contribution in [0.5, 0.6) is 0 Å². The Kier molecular flexibility index (Phi) is 23.3. The van der Waals surface area contributed by atoms with E-state index in [0.29, 0.717) is 6.42 Å². The van der Waals surface area contributed by atoms with Crippen molar-refractivity contribution in [2.75, 3.05) is 13.2 Å². The van der Waals surface area contributed by atoms with Gasteiger partial charge in [0.25, 0.3) is 0 Å². The first-order valence-corrected chi connectivity index (χ1v) is 15.5. The van der Waals surface area contributed by atoms with Crippen molar-refractivity contribution < 1.29 is 37.9 Å². The van der Waals surface area contributed by atoms with E-state index in [2.05, 4.69) is 23.6 Å². The minimum absolute atomic E-state index is 0.149. The van der Waals surface area contributed by atoms with Crippen molar-refractivity contribution in [3.8, 4) is 0 Å². The van der Waals surface area contributed by atoms with Crippen molar-refractivity contribution in [2.45, 2.75) is 136 Å². The SMILES string of the molecule is CCCCCCCCC/C=C\CCCCCCCCCC(=O)OC(COC(=O)CC)COP(=O)(O)O. The number of esters is 2. The summed E-state index contributed by atoms with van der Waals surface area (Å²) < 4.78 is 25.4. The van der Waals surface area contributed by atoms with E-state index in [4.69, 9.17) is 19.3 Å². The number of phosphoric ester groups is 1. The van der Waals surface area contributed by atoms with Gasteiger partial charge in [0.2, 0.25) is 0 Å². The number of carbonyl (C=O) groups is 2. The first kappa shape index (κ1) is 34.8. The van der Waals surface area contributed by atoms with Gasteiger partial charge < -0.3 is 19.3 Å². The van der Waals surface area contributed by atoms with Crippen molar-refractivity contribution in [3.05, 3.63) is 12.2 Å². The number of phosphoric acid groups is 1. The fraction of sp³-hybridized carbons (Fsp3) is 0.852. The number of hydrogen-bond donors (Lipinski definition) is 2. The summed E-state index contributed by atoms with van der Waals surface area (Å²) in [6, 6.07) is 0. The Labute approximate surface area is 218 Å². The van der Waals surface area contributed by atoms with E-state index < -0.39 is 32.5 Å². The lowest BCUT2D eigenvalue weighted by Gasteiger charge is -2.18. The molecule has 0 radical (unpaired) electrons. The molecule has 0 aliphatic rings. The molecule has 0 fully saturated rings. The van der Waals surface area contributed by atoms with E-state index in [9.17, 15) is 14.2 Å². The van der Waals surface area contributed by atoms with Gasteiger partial charge in [-0.3, -0.25) is 14.1 Å². The second kappa shape index (κ2) is 24.1. The summed E-state index contributed by atoms with van der Waals surface area (Å²) in [5, 5.41) is 0. The summed E-state index contributed by atoms with van der Waals surface area (Å²) in [5.41, 5.74) is 0. The minimum Gasteiger partial charge on any atom is -0.462 e. The van der Waals surface area contributed by atoms with E-state index >= 15 is 0 Å². The fourth-order valence-corrected chi connectivity index (χ4v) is 4.06. The molecule has 0 aromatic rings. The lowest BCUT2D eigenvalue weighted by Crippen LogP contribution is -2.29. The van der Waals surface area contributed by atoms with Gasteiger partial charge in [0, 0.05) is 12.8 Å². The molecule has 0 aromatic heterocycles. The number of carbonyl (C=O) groups excluding carboxylic acids is 2. The molecule has 212 valence electrons. The van der Waals surface area contributed by atoms with E-state index in [1.54, 1.807) is 6.92 Å². The summed E-state index contributed by atoms with van der Waals surface area (Å²) in [6.07, 6.45) is 23.3. The molecule has 9 heteroatoms. The summed E-state index contributed by atoms with van der Waals surface area (Å²) in [4.78, 5) is 41.0. The van der Waals surface area contributed by atoms with Crippen LogP contribution in [0.15, 0.2) is 12.2 Å². The summed E-state index contributed by atoms with van der Waals surface area (Å²) in [6.45, 7) is 3.03. The van der Waals surface area contributed by atoms with Crippen LogP contribution in [0.4, 0.5) is 0 Å². The van der Waals surface area contributed by atoms with Gasteiger partial charge >= 0.3 is 19.8 Å². The van der Waals surface area contributed by atoms with Crippen LogP contribution in [0.25, 0.3) is 0 Å². The molecule has 0 aliphatic carbocycles. The maximum atomic E-state index is 12.0. The van der Waals surface area contributed by atoms with Gasteiger partial charge in [-0.25, -0.2) is 4.57 Å². The molecule has 2 N–H and O–H groups in total. The third-order valence-electron chi connectivity index (χ3n) is 5.84. The Morgan fingerprint density at radius 2 is 1.22 bits per heavy atom. The summed E-state index contributed by atoms with van der Waals surface area (Å²) in [7, 11) is -4.71. The molecule has 0 aromatic carbocycles. The Hall–Kier alpha value is -1.21. The van der Waals surface area contributed by atoms with Crippen LogP contribution >= 0.6 is 7.82 Å². The molecule has 1 unspecified atom stereocenters. The predicted octanol–water partition coefficient (Wildman–Crippen LogP) is 7.17. The van der Waals surface area contributed by atoms with E-state index in [0.717, 1.165) is 25.7 Å². The molecule has 0 rings (SSSR count). The van der Waals surface area contributed by atoms with Crippen molar-refractivity contribution in [1.82, 2.24) is 0 Å². The zero-order valence-electron chi connectivity index (χ0n) is 22.7. The molecule has 0 saturated heterocycles. The highest BCUT2D eigenvalue weighted by atomic mass is 31.2. The fourth-order valence-electron chi connectivity index (χ4n) is 3.70. The van der Waals surface area contributed by atoms with Gasteiger partial charge in [0.05, 0.1) is 6.61 Å². The quantitative estimate of drug-likeness (QED) is 0.0547. The maximum absolute atomic E-state index is 12.0. The van der Waals surface area contributed by atoms with Gasteiger partial charge in [0.15, 0.2) is 6.10 Å². The molecule has 0 spiro atoms. The third-order valence-corrected chi connectivity index (χ3v) is 6.32. The number of hydrogen-bond acceptors (Lipinski definition) is 6. The Morgan fingerprint density at radius 1 is 0.722 bits per heavy atom. The van der Waals surface area contributed by atoms with Gasteiger partial charge in [-0.1, -0.05) is 96.6 Å². The van der Waals surface area contributed by atoms with E-state index in [1.807, 2.05) is 0 Å². The zero-order valence-corrected chi connectivity index (χ0v) is 23.6. The average Bonchev–Trinajstić information content (AvgIpc) is 2.84. The molecule has 0 heterocycles. The molecule has 0 aliphatic heterocycles. The highest BCUT2D eigenvalue weighted by molar-refractivity contribution is 7.46. The van der Waals surface area contributed by atoms with Crippen molar-refractivity contribution in [1.29, 1.82) is 0 Å². The maximum Gasteiger partial charge on any atom is 0.469 e. The second-order valence-corrected chi connectivity index (χ2v) is 10.6. The number of unbranched alkanes of at least 4 members (excludes halogenated alkanes) is 14. The first-order valence-electron chi connectivity index (χ1n) is 14.0. The Morgan fingerprint density at radius 3 is 1.72 bits per heavy atom. The number of allylic oxidation sites excluding steroid dienone is 2. The van der Waals surface area contributed by atoms with Crippen LogP contribution in [-0.2, 0) is 28.2 Å². The summed E-state index contributed by atoms with van der Waals surface area (Å²) >= 11 is 0. The van der Waals surface area contributed by atoms with Crippen molar-refractivity contribution >= 4 is 19.8 Å². The lowest BCUT2D eigenvalue weighted by atomic mass is 10.1. The Bertz CT molecular complexity index is 617. The molecule has 0 saturated carbocycles. The number of ether oxygens (including phenoxy) is 2. The third kappa shape index (κ3) is 25.9. The first-order chi connectivity index (χ1) is 17.3. The lowest BCUT2D eigenvalue weighted by molar-refractivity contribution is -0.161. The van der Waals surface area contributed by atoms with Crippen LogP contribution in [0.1, 0.15) is 129 Å². The predicted molar refractivity (Wildman–Crippen MR) is 142 cm³/mol. The molecular weight excluding hydrogens is 483 g/mol. The second-order valence-electron chi connectivity index (χ2n) is 9.33. The van der Waals surface area contributed by atoms with Gasteiger partial charge in [-0.15, -0.1) is 0 Å². The van der Waals surface area contributed by atoms with Gasteiger partial charge in [0.1, 0.15) is 6.61 Å². The highest BCUT2D eigenvalue weighted by Crippen LogP contribution is 2.35. The van der Waals surface area contributed by atoms with E-state index in [-0.39, 0.29) is 19.4 Å². The van der Waals surface area contributed by atoms with Crippen LogP contribution < -0.4 is 0 Å². The minimum atomic E-state index is -4.71. The van der Waals surface area contributed by atoms with Gasteiger partial charge in [-0.05, 0) is 32.1 Å². The van der Waals surface area contributed by atoms with Gasteiger partial charge in [-0.2, -0.15) is 0 Å². The molecule has 8 nitrogen and oxygen atoms in total.